The van der Waals surface area contributed by atoms with Crippen LogP contribution in [0.25, 0.3) is 21.9 Å². The molecule has 0 saturated heterocycles. The number of hydrogen-bond acceptors (Lipinski definition) is 8. The summed E-state index contributed by atoms with van der Waals surface area (Å²) in [5.41, 5.74) is 4.51. The number of rotatable bonds is 8. The number of nitrogens with zero attached hydrogens (tertiary/aromatic N) is 3. The number of carbonyl (C=O) groups is 1. The van der Waals surface area contributed by atoms with Crippen LogP contribution in [0, 0.1) is 19.8 Å². The molecule has 186 valence electrons. The number of carboxylic acids is 1. The smallest absolute Gasteiger partial charge is 0.306 e. The maximum atomic E-state index is 11.3. The zero-order valence-corrected chi connectivity index (χ0v) is 21.0. The number of ether oxygens (including phenoxy) is 1. The van der Waals surface area contributed by atoms with Gasteiger partial charge in [0.05, 0.1) is 34.5 Å². The van der Waals surface area contributed by atoms with Crippen LogP contribution in [0.1, 0.15) is 42.6 Å². The number of aliphatic carboxylic acids is 1. The van der Waals surface area contributed by atoms with E-state index in [1.807, 2.05) is 44.2 Å². The standard InChI is InChI=1S/C27H28N4O4S/c1-16-22(15-29-27-30-17(2)25(36-27)18-7-4-3-5-8-18)24(35-31-16)23-12-11-21(14-28-23)34-20-10-6-9-19(13-20)26(32)33/h3-5,7-8,11-12,14,19-20H,6,9-10,13,15H2,1-2H3,(H,29,30)(H,32,33)/t19-,20-/m0/s1. The molecule has 0 aliphatic heterocycles. The molecule has 1 saturated carbocycles. The van der Waals surface area contributed by atoms with E-state index in [1.165, 1.54) is 0 Å². The van der Waals surface area contributed by atoms with Crippen LogP contribution in [0.5, 0.6) is 5.75 Å². The summed E-state index contributed by atoms with van der Waals surface area (Å²) in [5, 5.41) is 17.7. The number of pyridine rings is 1. The van der Waals surface area contributed by atoms with Gasteiger partial charge in [-0.25, -0.2) is 9.97 Å². The SMILES string of the molecule is Cc1nc(NCc2c(C)noc2-c2ccc(O[C@H]3CCC[C@H](C(=O)O)C3)cn2)sc1-c1ccccc1. The van der Waals surface area contributed by atoms with Gasteiger partial charge >= 0.3 is 5.97 Å². The van der Waals surface area contributed by atoms with E-state index in [-0.39, 0.29) is 12.0 Å². The lowest BCUT2D eigenvalue weighted by atomic mass is 9.87. The summed E-state index contributed by atoms with van der Waals surface area (Å²) in [6.45, 7) is 4.43. The predicted molar refractivity (Wildman–Crippen MR) is 138 cm³/mol. The highest BCUT2D eigenvalue weighted by atomic mass is 32.1. The van der Waals surface area contributed by atoms with Crippen molar-refractivity contribution in [3.63, 3.8) is 0 Å². The van der Waals surface area contributed by atoms with Crippen molar-refractivity contribution < 1.29 is 19.2 Å². The topological polar surface area (TPSA) is 110 Å². The Balaban J connectivity index is 1.26. The van der Waals surface area contributed by atoms with Crippen LogP contribution in [-0.2, 0) is 11.3 Å². The van der Waals surface area contributed by atoms with Gasteiger partial charge in [0.1, 0.15) is 11.4 Å². The Labute approximate surface area is 213 Å². The lowest BCUT2D eigenvalue weighted by Crippen LogP contribution is -2.29. The predicted octanol–water partition coefficient (Wildman–Crippen LogP) is 6.11. The quantitative estimate of drug-likeness (QED) is 0.296. The fourth-order valence-electron chi connectivity index (χ4n) is 4.54. The van der Waals surface area contributed by atoms with Crippen LogP contribution in [0.15, 0.2) is 53.2 Å². The third-order valence-electron chi connectivity index (χ3n) is 6.48. The van der Waals surface area contributed by atoms with Gasteiger partial charge in [-0.1, -0.05) is 46.8 Å². The second-order valence-corrected chi connectivity index (χ2v) is 10.0. The Morgan fingerprint density at radius 2 is 2.00 bits per heavy atom. The lowest BCUT2D eigenvalue weighted by molar-refractivity contribution is -0.143. The molecule has 2 N–H and O–H groups in total. The van der Waals surface area contributed by atoms with E-state index in [1.54, 1.807) is 17.5 Å². The molecule has 1 fully saturated rings. The molecular weight excluding hydrogens is 476 g/mol. The number of aryl methyl sites for hydroxylation is 2. The van der Waals surface area contributed by atoms with Crippen molar-refractivity contribution in [1.82, 2.24) is 15.1 Å². The molecule has 0 radical (unpaired) electrons. The maximum absolute atomic E-state index is 11.3. The van der Waals surface area contributed by atoms with Crippen LogP contribution in [-0.4, -0.2) is 32.3 Å². The average Bonchev–Trinajstić information content (AvgIpc) is 3.45. The number of thiazole rings is 1. The lowest BCUT2D eigenvalue weighted by Gasteiger charge is -2.27. The van der Waals surface area contributed by atoms with E-state index >= 15 is 0 Å². The molecule has 4 aromatic rings. The molecule has 1 aliphatic rings. The van der Waals surface area contributed by atoms with E-state index in [0.717, 1.165) is 45.4 Å². The number of aromatic nitrogens is 3. The molecular formula is C27H28N4O4S. The molecule has 9 heteroatoms. The monoisotopic (exact) mass is 504 g/mol. The number of hydrogen-bond donors (Lipinski definition) is 2. The molecule has 8 nitrogen and oxygen atoms in total. The maximum Gasteiger partial charge on any atom is 0.306 e. The fraction of sp³-hybridized carbons (Fsp3) is 0.333. The minimum Gasteiger partial charge on any atom is -0.489 e. The van der Waals surface area contributed by atoms with Gasteiger partial charge in [-0.3, -0.25) is 4.79 Å². The van der Waals surface area contributed by atoms with E-state index in [0.29, 0.717) is 36.6 Å². The number of nitrogens with one attached hydrogen (secondary N) is 1. The highest BCUT2D eigenvalue weighted by Gasteiger charge is 2.28. The van der Waals surface area contributed by atoms with Crippen molar-refractivity contribution in [2.75, 3.05) is 5.32 Å². The molecule has 36 heavy (non-hydrogen) atoms. The Morgan fingerprint density at radius 1 is 1.17 bits per heavy atom. The van der Waals surface area contributed by atoms with Gasteiger partial charge in [-0.15, -0.1) is 0 Å². The van der Waals surface area contributed by atoms with Gasteiger partial charge in [0.15, 0.2) is 10.9 Å². The van der Waals surface area contributed by atoms with Gasteiger partial charge in [0.25, 0.3) is 0 Å². The van der Waals surface area contributed by atoms with Gasteiger partial charge in [-0.2, -0.15) is 0 Å². The summed E-state index contributed by atoms with van der Waals surface area (Å²) in [5.74, 6) is 0.139. The molecule has 5 rings (SSSR count). The van der Waals surface area contributed by atoms with Gasteiger partial charge in [0, 0.05) is 12.1 Å². The largest absolute Gasteiger partial charge is 0.489 e. The average molecular weight is 505 g/mol. The summed E-state index contributed by atoms with van der Waals surface area (Å²) in [7, 11) is 0. The third-order valence-corrected chi connectivity index (χ3v) is 7.64. The number of carboxylic acid groups (broad SMARTS) is 1. The molecule has 3 heterocycles. The highest BCUT2D eigenvalue weighted by molar-refractivity contribution is 7.19. The Kier molecular flexibility index (Phi) is 6.99. The van der Waals surface area contributed by atoms with Crippen LogP contribution in [0.2, 0.25) is 0 Å². The van der Waals surface area contributed by atoms with Crippen LogP contribution >= 0.6 is 11.3 Å². The molecule has 0 unspecified atom stereocenters. The second-order valence-electron chi connectivity index (χ2n) is 9.05. The first-order valence-corrected chi connectivity index (χ1v) is 12.9. The van der Waals surface area contributed by atoms with Crippen LogP contribution in [0.3, 0.4) is 0 Å². The Morgan fingerprint density at radius 3 is 2.75 bits per heavy atom. The first-order chi connectivity index (χ1) is 17.5. The normalized spacial score (nSPS) is 17.6. The molecule has 1 aliphatic carbocycles. The van der Waals surface area contributed by atoms with Crippen molar-refractivity contribution in [2.24, 2.45) is 5.92 Å². The first kappa shape index (κ1) is 24.0. The minimum absolute atomic E-state index is 0.109. The van der Waals surface area contributed by atoms with E-state index < -0.39 is 5.97 Å². The van der Waals surface area contributed by atoms with Gasteiger partial charge in [0.2, 0.25) is 0 Å². The zero-order valence-electron chi connectivity index (χ0n) is 20.2. The van der Waals surface area contributed by atoms with Crippen LogP contribution in [0.4, 0.5) is 5.13 Å². The summed E-state index contributed by atoms with van der Waals surface area (Å²) in [4.78, 5) is 21.7. The summed E-state index contributed by atoms with van der Waals surface area (Å²) < 4.78 is 11.6. The van der Waals surface area contributed by atoms with Crippen molar-refractivity contribution in [1.29, 1.82) is 0 Å². The number of anilines is 1. The molecule has 2 atom stereocenters. The summed E-state index contributed by atoms with van der Waals surface area (Å²) in [6, 6.07) is 13.9. The van der Waals surface area contributed by atoms with Gasteiger partial charge < -0.3 is 19.7 Å². The Bertz CT molecular complexity index is 1330. The Hall–Kier alpha value is -3.72. The summed E-state index contributed by atoms with van der Waals surface area (Å²) >= 11 is 1.62. The van der Waals surface area contributed by atoms with Gasteiger partial charge in [-0.05, 0) is 57.2 Å². The van der Waals surface area contributed by atoms with E-state index in [4.69, 9.17) is 9.26 Å². The molecule has 0 bridgehead atoms. The molecule has 3 aromatic heterocycles. The number of benzene rings is 1. The van der Waals surface area contributed by atoms with Crippen molar-refractivity contribution in [3.05, 3.63) is 65.6 Å². The molecule has 0 spiro atoms. The zero-order chi connectivity index (χ0) is 25.1. The molecule has 1 aromatic carbocycles. The molecule has 0 amide bonds. The minimum atomic E-state index is -0.747. The van der Waals surface area contributed by atoms with Crippen LogP contribution < -0.4 is 10.1 Å². The van der Waals surface area contributed by atoms with E-state index in [2.05, 4.69) is 32.6 Å². The third kappa shape index (κ3) is 5.26. The first-order valence-electron chi connectivity index (χ1n) is 12.1. The highest BCUT2D eigenvalue weighted by Crippen LogP contribution is 2.34. The van der Waals surface area contributed by atoms with Crippen molar-refractivity contribution >= 4 is 22.4 Å². The van der Waals surface area contributed by atoms with Crippen molar-refractivity contribution in [3.8, 4) is 27.6 Å². The fourth-order valence-corrected chi connectivity index (χ4v) is 5.51. The van der Waals surface area contributed by atoms with E-state index in [9.17, 15) is 9.90 Å². The second kappa shape index (κ2) is 10.5. The summed E-state index contributed by atoms with van der Waals surface area (Å²) in [6.07, 6.45) is 4.49. The van der Waals surface area contributed by atoms with Crippen molar-refractivity contribution in [2.45, 2.75) is 52.2 Å².